The van der Waals surface area contributed by atoms with Gasteiger partial charge < -0.3 is 0 Å². The van der Waals surface area contributed by atoms with Crippen molar-refractivity contribution in [3.63, 3.8) is 0 Å². The Labute approximate surface area is 49.3 Å². The molecule has 1 rings (SSSR count). The molecule has 0 bridgehead atoms. The molecule has 0 saturated heterocycles. The number of nitrogens with zero attached hydrogens (tertiary/aromatic N) is 1. The first kappa shape index (κ1) is 5.50. The van der Waals surface area contributed by atoms with Gasteiger partial charge in [-0.25, -0.2) is 0 Å². The van der Waals surface area contributed by atoms with E-state index < -0.39 is 5.13 Å². The number of hydrogen-bond acceptors (Lipinski definition) is 2. The summed E-state index contributed by atoms with van der Waals surface area (Å²) in [4.78, 5) is 10.4. The Kier molecular flexibility index (Phi) is 1.17. The van der Waals surface area contributed by atoms with Crippen LogP contribution in [0, 0.1) is 5.13 Å². The first-order chi connectivity index (χ1) is 3.70. The van der Waals surface area contributed by atoms with Crippen molar-refractivity contribution in [3.05, 3.63) is 21.6 Å². The van der Waals surface area contributed by atoms with Crippen molar-refractivity contribution in [1.29, 1.82) is 0 Å². The van der Waals surface area contributed by atoms with Gasteiger partial charge in [0.05, 0.1) is 6.07 Å². The van der Waals surface area contributed by atoms with E-state index in [1.165, 1.54) is 11.0 Å². The zero-order valence-corrected chi connectivity index (χ0v) is 5.04. The van der Waals surface area contributed by atoms with Crippen molar-refractivity contribution in [1.82, 2.24) is 3.96 Å². The van der Waals surface area contributed by atoms with Gasteiger partial charge in [0.15, 0.2) is 5.13 Å². The van der Waals surface area contributed by atoms with Gasteiger partial charge in [-0.15, -0.1) is 0 Å². The van der Waals surface area contributed by atoms with Gasteiger partial charge in [-0.3, -0.25) is 8.75 Å². The second kappa shape index (κ2) is 1.70. The minimum atomic E-state index is -0.433. The van der Waals surface area contributed by atoms with E-state index in [-0.39, 0.29) is 5.56 Å². The van der Waals surface area contributed by atoms with Crippen molar-refractivity contribution in [2.24, 2.45) is 7.05 Å². The SMILES string of the molecule is Cn1sc(F)cc1=O. The summed E-state index contributed by atoms with van der Waals surface area (Å²) in [6, 6.07) is 0.963. The van der Waals surface area contributed by atoms with Crippen LogP contribution in [-0.4, -0.2) is 3.96 Å². The molecule has 0 fully saturated rings. The molecule has 0 atom stereocenters. The molecule has 0 aliphatic heterocycles. The van der Waals surface area contributed by atoms with Gasteiger partial charge in [0, 0.05) is 7.05 Å². The summed E-state index contributed by atoms with van der Waals surface area (Å²) in [7, 11) is 1.52. The van der Waals surface area contributed by atoms with Crippen molar-refractivity contribution < 1.29 is 4.39 Å². The highest BCUT2D eigenvalue weighted by Crippen LogP contribution is 1.97. The minimum Gasteiger partial charge on any atom is -0.268 e. The Balaban J connectivity index is 3.35. The fourth-order valence-electron chi connectivity index (χ4n) is 0.390. The molecule has 44 valence electrons. The molecule has 1 heterocycles. The van der Waals surface area contributed by atoms with Gasteiger partial charge in [-0.2, -0.15) is 4.39 Å². The lowest BCUT2D eigenvalue weighted by Gasteiger charge is -1.76. The van der Waals surface area contributed by atoms with E-state index in [9.17, 15) is 9.18 Å². The number of hydrogen-bond donors (Lipinski definition) is 0. The first-order valence-corrected chi connectivity index (χ1v) is 2.80. The Hall–Kier alpha value is -0.640. The molecule has 0 saturated carbocycles. The lowest BCUT2D eigenvalue weighted by molar-refractivity contribution is 0.656. The van der Waals surface area contributed by atoms with Crippen molar-refractivity contribution >= 4 is 11.5 Å². The van der Waals surface area contributed by atoms with Crippen LogP contribution < -0.4 is 5.56 Å². The third-order valence-electron chi connectivity index (χ3n) is 0.771. The number of aromatic nitrogens is 1. The van der Waals surface area contributed by atoms with E-state index >= 15 is 0 Å². The normalized spacial score (nSPS) is 9.75. The highest BCUT2D eigenvalue weighted by Gasteiger charge is 1.95. The van der Waals surface area contributed by atoms with Crippen LogP contribution in [0.5, 0.6) is 0 Å². The molecule has 1 aromatic rings. The molecule has 2 nitrogen and oxygen atoms in total. The maximum absolute atomic E-state index is 12.0. The van der Waals surface area contributed by atoms with Gasteiger partial charge in [-0.05, 0) is 11.5 Å². The smallest absolute Gasteiger partial charge is 0.263 e. The molecule has 0 radical (unpaired) electrons. The van der Waals surface area contributed by atoms with Gasteiger partial charge in [-0.1, -0.05) is 0 Å². The molecular formula is C4H4FNOS. The van der Waals surface area contributed by atoms with E-state index in [1.54, 1.807) is 0 Å². The first-order valence-electron chi connectivity index (χ1n) is 2.03. The zero-order valence-electron chi connectivity index (χ0n) is 4.22. The lowest BCUT2D eigenvalue weighted by atomic mass is 10.7. The van der Waals surface area contributed by atoms with Crippen LogP contribution in [-0.2, 0) is 7.05 Å². The maximum Gasteiger partial charge on any atom is 0.263 e. The zero-order chi connectivity index (χ0) is 6.15. The van der Waals surface area contributed by atoms with Crippen LogP contribution in [0.1, 0.15) is 0 Å². The molecule has 0 aliphatic rings. The van der Waals surface area contributed by atoms with Crippen LogP contribution in [0.15, 0.2) is 10.9 Å². The molecule has 4 heteroatoms. The molecule has 0 aromatic carbocycles. The molecule has 0 unspecified atom stereocenters. The third-order valence-corrected chi connectivity index (χ3v) is 1.52. The summed E-state index contributed by atoms with van der Waals surface area (Å²) in [5, 5.41) is -0.433. The monoisotopic (exact) mass is 133 g/mol. The quantitative estimate of drug-likeness (QED) is 0.507. The van der Waals surface area contributed by atoms with E-state index in [2.05, 4.69) is 0 Å². The second-order valence-corrected chi connectivity index (χ2v) is 2.50. The van der Waals surface area contributed by atoms with Crippen LogP contribution in [0.25, 0.3) is 0 Å². The van der Waals surface area contributed by atoms with Crippen LogP contribution >= 0.6 is 11.5 Å². The van der Waals surface area contributed by atoms with Crippen LogP contribution in [0.4, 0.5) is 4.39 Å². The van der Waals surface area contributed by atoms with Crippen molar-refractivity contribution in [2.45, 2.75) is 0 Å². The molecule has 0 amide bonds. The Bertz CT molecular complexity index is 238. The average molecular weight is 133 g/mol. The summed E-state index contributed by atoms with van der Waals surface area (Å²) in [6.45, 7) is 0. The third kappa shape index (κ3) is 0.790. The fourth-order valence-corrected chi connectivity index (χ4v) is 0.948. The number of rotatable bonds is 0. The molecule has 8 heavy (non-hydrogen) atoms. The predicted molar refractivity (Wildman–Crippen MR) is 29.5 cm³/mol. The second-order valence-electron chi connectivity index (χ2n) is 1.38. The topological polar surface area (TPSA) is 22.0 Å². The van der Waals surface area contributed by atoms with Gasteiger partial charge >= 0.3 is 0 Å². The Morgan fingerprint density at radius 1 is 1.88 bits per heavy atom. The number of aryl methyl sites for hydroxylation is 1. The van der Waals surface area contributed by atoms with Gasteiger partial charge in [0.25, 0.3) is 5.56 Å². The highest BCUT2D eigenvalue weighted by molar-refractivity contribution is 7.04. The Morgan fingerprint density at radius 3 is 2.62 bits per heavy atom. The number of halogens is 1. The summed E-state index contributed by atoms with van der Waals surface area (Å²) in [6.07, 6.45) is 0. The van der Waals surface area contributed by atoms with Gasteiger partial charge in [0.1, 0.15) is 0 Å². The maximum atomic E-state index is 12.0. The molecule has 0 N–H and O–H groups in total. The fraction of sp³-hybridized carbons (Fsp3) is 0.250. The summed E-state index contributed by atoms with van der Waals surface area (Å²) in [5.74, 6) is 0. The lowest BCUT2D eigenvalue weighted by Crippen LogP contribution is -2.05. The molecule has 0 aliphatic carbocycles. The van der Waals surface area contributed by atoms with Crippen molar-refractivity contribution in [2.75, 3.05) is 0 Å². The average Bonchev–Trinajstić information content (AvgIpc) is 1.85. The van der Waals surface area contributed by atoms with E-state index in [0.29, 0.717) is 0 Å². The predicted octanol–water partition coefficient (Wildman–Crippen LogP) is 0.586. The Morgan fingerprint density at radius 2 is 2.50 bits per heavy atom. The van der Waals surface area contributed by atoms with Crippen LogP contribution in [0.2, 0.25) is 0 Å². The van der Waals surface area contributed by atoms with E-state index in [1.807, 2.05) is 0 Å². The molecule has 1 aromatic heterocycles. The minimum absolute atomic E-state index is 0.285. The summed E-state index contributed by atoms with van der Waals surface area (Å²) >= 11 is 0.807. The highest BCUT2D eigenvalue weighted by atomic mass is 32.1. The molecular weight excluding hydrogens is 129 g/mol. The van der Waals surface area contributed by atoms with Crippen molar-refractivity contribution in [3.8, 4) is 0 Å². The van der Waals surface area contributed by atoms with E-state index in [4.69, 9.17) is 0 Å². The summed E-state index contributed by atoms with van der Waals surface area (Å²) < 4.78 is 13.2. The standard InChI is InChI=1S/C4H4FNOS/c1-6-4(7)2-3(5)8-6/h2H,1H3. The largest absolute Gasteiger partial charge is 0.268 e. The van der Waals surface area contributed by atoms with Gasteiger partial charge in [0.2, 0.25) is 0 Å². The van der Waals surface area contributed by atoms with E-state index in [0.717, 1.165) is 17.6 Å². The van der Waals surface area contributed by atoms with Crippen LogP contribution in [0.3, 0.4) is 0 Å². The molecule has 0 spiro atoms. The summed E-state index contributed by atoms with van der Waals surface area (Å²) in [5.41, 5.74) is -0.285.